The summed E-state index contributed by atoms with van der Waals surface area (Å²) in [5.41, 5.74) is 1.33. The molecule has 0 unspecified atom stereocenters. The Hall–Kier alpha value is -1.29. The lowest BCUT2D eigenvalue weighted by Crippen LogP contribution is -2.51. The molecule has 4 heteroatoms. The van der Waals surface area contributed by atoms with Crippen LogP contribution in [0.2, 0.25) is 0 Å². The zero-order chi connectivity index (χ0) is 18.2. The zero-order valence-electron chi connectivity index (χ0n) is 15.9. The minimum atomic E-state index is -0.640. The number of esters is 1. The Bertz CT molecular complexity index is 738. The zero-order valence-corrected chi connectivity index (χ0v) is 15.9. The van der Waals surface area contributed by atoms with Crippen LogP contribution in [0.1, 0.15) is 76.0 Å². The SMILES string of the molecule is CC(=O)O[C@]1(CO)C[C@@]23CC[C@@H]4c5ccoc5CC[C@@]4(C)[C@@H]2CC[C@@H]1C3. The number of aryl methyl sites for hydroxylation is 1. The second kappa shape index (κ2) is 5.37. The summed E-state index contributed by atoms with van der Waals surface area (Å²) in [5, 5.41) is 10.2. The molecule has 3 saturated carbocycles. The molecule has 1 aromatic rings. The molecule has 0 aromatic carbocycles. The van der Waals surface area contributed by atoms with E-state index < -0.39 is 5.60 Å². The maximum absolute atomic E-state index is 11.8. The second-order valence-corrected chi connectivity index (χ2v) is 9.78. The van der Waals surface area contributed by atoms with Gasteiger partial charge in [-0.2, -0.15) is 0 Å². The molecule has 0 saturated heterocycles. The fraction of sp³-hybridized carbons (Fsp3) is 0.773. The number of furan rings is 1. The maximum Gasteiger partial charge on any atom is 0.303 e. The lowest BCUT2D eigenvalue weighted by Gasteiger charge is -2.59. The van der Waals surface area contributed by atoms with Gasteiger partial charge in [0, 0.05) is 19.3 Å². The average molecular weight is 358 g/mol. The molecule has 1 N–H and O–H groups in total. The first-order valence-corrected chi connectivity index (χ1v) is 10.3. The summed E-state index contributed by atoms with van der Waals surface area (Å²) in [4.78, 5) is 11.8. The minimum absolute atomic E-state index is 0.0300. The normalized spacial score (nSPS) is 46.2. The smallest absolute Gasteiger partial charge is 0.303 e. The lowest BCUT2D eigenvalue weighted by atomic mass is 9.45. The molecule has 5 rings (SSSR count). The first-order chi connectivity index (χ1) is 12.4. The highest BCUT2D eigenvalue weighted by atomic mass is 16.6. The Balaban J connectivity index is 1.52. The lowest BCUT2D eigenvalue weighted by molar-refractivity contribution is -0.167. The topological polar surface area (TPSA) is 59.7 Å². The molecular formula is C22H30O4. The molecule has 4 aliphatic carbocycles. The van der Waals surface area contributed by atoms with Crippen molar-refractivity contribution >= 4 is 5.97 Å². The number of hydrogen-bond donors (Lipinski definition) is 1. The quantitative estimate of drug-likeness (QED) is 0.805. The van der Waals surface area contributed by atoms with E-state index in [0.717, 1.165) is 25.7 Å². The Morgan fingerprint density at radius 3 is 2.96 bits per heavy atom. The fourth-order valence-electron chi connectivity index (χ4n) is 7.92. The Labute approximate surface area is 155 Å². The van der Waals surface area contributed by atoms with Crippen LogP contribution in [0.5, 0.6) is 0 Å². The predicted octanol–water partition coefficient (Wildman–Crippen LogP) is 4.21. The monoisotopic (exact) mass is 358 g/mol. The van der Waals surface area contributed by atoms with Crippen LogP contribution in [-0.4, -0.2) is 23.3 Å². The largest absolute Gasteiger partial charge is 0.469 e. The first-order valence-electron chi connectivity index (χ1n) is 10.3. The Morgan fingerprint density at radius 2 is 2.19 bits per heavy atom. The van der Waals surface area contributed by atoms with Crippen LogP contribution < -0.4 is 0 Å². The fourth-order valence-corrected chi connectivity index (χ4v) is 7.92. The van der Waals surface area contributed by atoms with Crippen LogP contribution in [0.15, 0.2) is 16.7 Å². The van der Waals surface area contributed by atoms with E-state index in [4.69, 9.17) is 9.15 Å². The van der Waals surface area contributed by atoms with Crippen molar-refractivity contribution in [2.45, 2.75) is 76.7 Å². The van der Waals surface area contributed by atoms with Gasteiger partial charge in [-0.25, -0.2) is 0 Å². The van der Waals surface area contributed by atoms with Gasteiger partial charge in [-0.15, -0.1) is 0 Å². The van der Waals surface area contributed by atoms with Crippen molar-refractivity contribution in [3.05, 3.63) is 23.7 Å². The number of rotatable bonds is 2. The van der Waals surface area contributed by atoms with E-state index in [2.05, 4.69) is 13.0 Å². The summed E-state index contributed by atoms with van der Waals surface area (Å²) in [6.07, 6.45) is 10.7. The van der Waals surface area contributed by atoms with Crippen LogP contribution in [0.3, 0.4) is 0 Å². The minimum Gasteiger partial charge on any atom is -0.469 e. The third kappa shape index (κ3) is 2.02. The molecule has 0 aliphatic heterocycles. The van der Waals surface area contributed by atoms with Gasteiger partial charge in [0.15, 0.2) is 0 Å². The summed E-state index contributed by atoms with van der Waals surface area (Å²) in [7, 11) is 0. The van der Waals surface area contributed by atoms with E-state index in [9.17, 15) is 9.90 Å². The van der Waals surface area contributed by atoms with Gasteiger partial charge >= 0.3 is 5.97 Å². The van der Waals surface area contributed by atoms with Gasteiger partial charge in [-0.3, -0.25) is 4.79 Å². The van der Waals surface area contributed by atoms with Crippen LogP contribution in [0.25, 0.3) is 0 Å². The van der Waals surface area contributed by atoms with Gasteiger partial charge in [-0.05, 0) is 79.2 Å². The highest BCUT2D eigenvalue weighted by Gasteiger charge is 2.67. The average Bonchev–Trinajstić information content (AvgIpc) is 3.15. The van der Waals surface area contributed by atoms with Crippen molar-refractivity contribution in [1.29, 1.82) is 0 Å². The van der Waals surface area contributed by atoms with Gasteiger partial charge in [-0.1, -0.05) is 6.92 Å². The van der Waals surface area contributed by atoms with Gasteiger partial charge in [0.1, 0.15) is 11.4 Å². The molecule has 3 fully saturated rings. The summed E-state index contributed by atoms with van der Waals surface area (Å²) < 4.78 is 11.6. The summed E-state index contributed by atoms with van der Waals surface area (Å²) in [6.45, 7) is 3.96. The number of hydrogen-bond acceptors (Lipinski definition) is 4. The van der Waals surface area contributed by atoms with Crippen molar-refractivity contribution in [3.8, 4) is 0 Å². The van der Waals surface area contributed by atoms with Crippen molar-refractivity contribution in [3.63, 3.8) is 0 Å². The standard InChI is InChI=1S/C22H30O4/c1-14(24)26-22(13-23)12-21-9-5-17-16-7-10-25-18(16)6-8-20(17,2)19(21)4-3-15(22)11-21/h7,10,15,17,19,23H,3-6,8-9,11-13H2,1-2H3/t15-,17-,19+,20-,21+,22+/m1/s1. The van der Waals surface area contributed by atoms with E-state index in [1.165, 1.54) is 43.9 Å². The molecular weight excluding hydrogens is 328 g/mol. The van der Waals surface area contributed by atoms with Crippen molar-refractivity contribution in [2.24, 2.45) is 22.7 Å². The molecule has 6 atom stereocenters. The molecule has 26 heavy (non-hydrogen) atoms. The Kier molecular flexibility index (Phi) is 3.48. The summed E-state index contributed by atoms with van der Waals surface area (Å²) >= 11 is 0. The first kappa shape index (κ1) is 16.9. The van der Waals surface area contributed by atoms with E-state index in [1.54, 1.807) is 0 Å². The molecule has 0 amide bonds. The highest BCUT2D eigenvalue weighted by molar-refractivity contribution is 5.66. The third-order valence-corrected chi connectivity index (χ3v) is 8.77. The Morgan fingerprint density at radius 1 is 1.35 bits per heavy atom. The predicted molar refractivity (Wildman–Crippen MR) is 96.6 cm³/mol. The highest BCUT2D eigenvalue weighted by Crippen LogP contribution is 2.72. The second-order valence-electron chi connectivity index (χ2n) is 9.78. The number of aliphatic hydroxyl groups excluding tert-OH is 1. The van der Waals surface area contributed by atoms with E-state index in [1.807, 2.05) is 6.26 Å². The van der Waals surface area contributed by atoms with Gasteiger partial charge in [0.2, 0.25) is 0 Å². The molecule has 2 bridgehead atoms. The van der Waals surface area contributed by atoms with Crippen LogP contribution in [-0.2, 0) is 16.0 Å². The molecule has 1 spiro atoms. The van der Waals surface area contributed by atoms with E-state index >= 15 is 0 Å². The summed E-state index contributed by atoms with van der Waals surface area (Å²) in [5.74, 6) is 2.52. The molecule has 0 radical (unpaired) electrons. The molecule has 4 nitrogen and oxygen atoms in total. The molecule has 4 aliphatic rings. The molecule has 1 heterocycles. The van der Waals surface area contributed by atoms with Gasteiger partial charge in [0.25, 0.3) is 0 Å². The van der Waals surface area contributed by atoms with E-state index in [0.29, 0.717) is 23.2 Å². The maximum atomic E-state index is 11.8. The van der Waals surface area contributed by atoms with Gasteiger partial charge < -0.3 is 14.3 Å². The number of carbonyl (C=O) groups excluding carboxylic acids is 1. The van der Waals surface area contributed by atoms with Crippen molar-refractivity contribution in [1.82, 2.24) is 0 Å². The number of aliphatic hydroxyl groups is 1. The van der Waals surface area contributed by atoms with Crippen molar-refractivity contribution in [2.75, 3.05) is 6.61 Å². The van der Waals surface area contributed by atoms with Gasteiger partial charge in [0.05, 0.1) is 12.9 Å². The molecule has 1 aromatic heterocycles. The van der Waals surface area contributed by atoms with Crippen LogP contribution >= 0.6 is 0 Å². The third-order valence-electron chi connectivity index (χ3n) is 8.77. The van der Waals surface area contributed by atoms with E-state index in [-0.39, 0.29) is 18.0 Å². The number of ether oxygens (including phenoxy) is 1. The number of carbonyl (C=O) groups is 1. The molecule has 142 valence electrons. The summed E-state index contributed by atoms with van der Waals surface area (Å²) in [6, 6.07) is 2.20. The van der Waals surface area contributed by atoms with Crippen molar-refractivity contribution < 1.29 is 19.1 Å². The number of fused-ring (bicyclic) bond motifs is 5. The van der Waals surface area contributed by atoms with Crippen LogP contribution in [0, 0.1) is 22.7 Å². The van der Waals surface area contributed by atoms with Crippen LogP contribution in [0.4, 0.5) is 0 Å².